The van der Waals surface area contributed by atoms with Crippen LogP contribution in [0.1, 0.15) is 30.1 Å². The maximum absolute atomic E-state index is 11.4. The first kappa shape index (κ1) is 10.1. The van der Waals surface area contributed by atoms with Crippen molar-refractivity contribution in [3.8, 4) is 0 Å². The van der Waals surface area contributed by atoms with E-state index < -0.39 is 0 Å². The average Bonchev–Trinajstić information content (AvgIpc) is 2.65. The van der Waals surface area contributed by atoms with E-state index in [0.29, 0.717) is 6.42 Å². The van der Waals surface area contributed by atoms with E-state index in [1.54, 1.807) is 17.6 Å². The zero-order chi connectivity index (χ0) is 9.52. The maximum Gasteiger partial charge on any atom is 0.169 e. The van der Waals surface area contributed by atoms with E-state index in [1.165, 1.54) is 0 Å². The molecule has 2 nitrogen and oxygen atoms in total. The van der Waals surface area contributed by atoms with Crippen molar-refractivity contribution in [2.75, 3.05) is 6.54 Å². The molecular formula is C10H13NOS. The topological polar surface area (TPSA) is 29.4 Å². The van der Waals surface area contributed by atoms with Gasteiger partial charge in [-0.1, -0.05) is 6.92 Å². The third-order valence-corrected chi connectivity index (χ3v) is 2.28. The van der Waals surface area contributed by atoms with Crippen molar-refractivity contribution in [3.05, 3.63) is 22.4 Å². The fourth-order valence-electron chi connectivity index (χ4n) is 0.909. The van der Waals surface area contributed by atoms with E-state index in [1.807, 2.05) is 16.8 Å². The van der Waals surface area contributed by atoms with Crippen LogP contribution in [0.3, 0.4) is 0 Å². The highest BCUT2D eigenvalue weighted by atomic mass is 32.1. The second-order valence-corrected chi connectivity index (χ2v) is 3.51. The molecule has 3 heteroatoms. The molecule has 0 N–H and O–H groups in total. The van der Waals surface area contributed by atoms with Crippen molar-refractivity contribution in [1.29, 1.82) is 0 Å². The van der Waals surface area contributed by atoms with Gasteiger partial charge in [0.25, 0.3) is 0 Å². The van der Waals surface area contributed by atoms with E-state index in [-0.39, 0.29) is 5.78 Å². The molecule has 0 aliphatic rings. The summed E-state index contributed by atoms with van der Waals surface area (Å²) in [6, 6.07) is 1.85. The van der Waals surface area contributed by atoms with Gasteiger partial charge in [0.05, 0.1) is 0 Å². The van der Waals surface area contributed by atoms with Crippen molar-refractivity contribution in [1.82, 2.24) is 0 Å². The molecule has 70 valence electrons. The Hall–Kier alpha value is -0.960. The lowest BCUT2D eigenvalue weighted by atomic mass is 10.2. The zero-order valence-electron chi connectivity index (χ0n) is 7.69. The Balaban J connectivity index is 2.34. The lowest BCUT2D eigenvalue weighted by molar-refractivity contribution is 0.100. The molecule has 0 radical (unpaired) electrons. The predicted octanol–water partition coefficient (Wildman–Crippen LogP) is 2.80. The molecule has 1 aromatic rings. The molecule has 0 atom stereocenters. The monoisotopic (exact) mass is 195 g/mol. The number of carbonyl (C=O) groups is 1. The van der Waals surface area contributed by atoms with E-state index in [9.17, 15) is 4.79 Å². The van der Waals surface area contributed by atoms with Crippen LogP contribution in [0.5, 0.6) is 0 Å². The Labute approximate surface area is 82.3 Å². The minimum Gasteiger partial charge on any atom is -0.297 e. The van der Waals surface area contributed by atoms with Crippen molar-refractivity contribution < 1.29 is 4.79 Å². The van der Waals surface area contributed by atoms with Crippen LogP contribution in [0.15, 0.2) is 21.8 Å². The molecule has 1 aromatic heterocycles. The lowest BCUT2D eigenvalue weighted by Crippen LogP contribution is -1.97. The number of hydrogen-bond donors (Lipinski definition) is 0. The highest BCUT2D eigenvalue weighted by Gasteiger charge is 2.02. The summed E-state index contributed by atoms with van der Waals surface area (Å²) in [5.74, 6) is 0.154. The molecule has 0 saturated heterocycles. The molecule has 0 aromatic carbocycles. The predicted molar refractivity (Wildman–Crippen MR) is 56.9 cm³/mol. The molecule has 0 spiro atoms. The summed E-state index contributed by atoms with van der Waals surface area (Å²) in [6.45, 7) is 2.88. The molecule has 0 aliphatic heterocycles. The summed E-state index contributed by atoms with van der Waals surface area (Å²) in [7, 11) is 0. The largest absolute Gasteiger partial charge is 0.297 e. The van der Waals surface area contributed by atoms with Gasteiger partial charge in [-0.3, -0.25) is 9.79 Å². The summed E-state index contributed by atoms with van der Waals surface area (Å²) in [6.07, 6.45) is 3.17. The standard InChI is InChI=1S/C10H13NOS/c1-2-5-11-6-3-10(12)9-4-7-13-8-9/h4,6-8H,2-3,5H2,1H3. The number of aliphatic imine (C=N–C) groups is 1. The van der Waals surface area contributed by atoms with Crippen LogP contribution < -0.4 is 0 Å². The van der Waals surface area contributed by atoms with Gasteiger partial charge in [-0.25, -0.2) is 0 Å². The Morgan fingerprint density at radius 1 is 1.69 bits per heavy atom. The molecule has 0 unspecified atom stereocenters. The fraction of sp³-hybridized carbons (Fsp3) is 0.400. The fourth-order valence-corrected chi connectivity index (χ4v) is 1.57. The van der Waals surface area contributed by atoms with E-state index in [0.717, 1.165) is 18.5 Å². The quantitative estimate of drug-likeness (QED) is 0.524. The van der Waals surface area contributed by atoms with Crippen molar-refractivity contribution in [3.63, 3.8) is 0 Å². The third-order valence-electron chi connectivity index (χ3n) is 1.60. The van der Waals surface area contributed by atoms with Crippen LogP contribution in [0.25, 0.3) is 0 Å². The van der Waals surface area contributed by atoms with Crippen LogP contribution in [-0.4, -0.2) is 18.5 Å². The summed E-state index contributed by atoms with van der Waals surface area (Å²) in [4.78, 5) is 15.5. The first-order valence-corrected chi connectivity index (χ1v) is 5.32. The smallest absolute Gasteiger partial charge is 0.169 e. The van der Waals surface area contributed by atoms with Gasteiger partial charge in [-0.15, -0.1) is 0 Å². The van der Waals surface area contributed by atoms with E-state index >= 15 is 0 Å². The Morgan fingerprint density at radius 3 is 3.15 bits per heavy atom. The van der Waals surface area contributed by atoms with Gasteiger partial charge in [0.1, 0.15) is 0 Å². The van der Waals surface area contributed by atoms with Crippen LogP contribution in [-0.2, 0) is 0 Å². The molecule has 0 saturated carbocycles. The van der Waals surface area contributed by atoms with E-state index in [4.69, 9.17) is 0 Å². The Morgan fingerprint density at radius 2 is 2.54 bits per heavy atom. The SMILES string of the molecule is CCCN=CCC(=O)c1ccsc1. The van der Waals surface area contributed by atoms with Gasteiger partial charge in [-0.2, -0.15) is 11.3 Å². The molecule has 1 rings (SSSR count). The summed E-state index contributed by atoms with van der Waals surface area (Å²) in [5, 5.41) is 3.78. The second kappa shape index (κ2) is 5.65. The number of thiophene rings is 1. The minimum absolute atomic E-state index is 0.154. The van der Waals surface area contributed by atoms with Crippen LogP contribution in [0.2, 0.25) is 0 Å². The molecule has 0 bridgehead atoms. The van der Waals surface area contributed by atoms with Crippen LogP contribution in [0.4, 0.5) is 0 Å². The van der Waals surface area contributed by atoms with Crippen molar-refractivity contribution in [2.24, 2.45) is 4.99 Å². The van der Waals surface area contributed by atoms with Gasteiger partial charge in [-0.05, 0) is 17.9 Å². The van der Waals surface area contributed by atoms with Gasteiger partial charge >= 0.3 is 0 Å². The third kappa shape index (κ3) is 3.51. The average molecular weight is 195 g/mol. The van der Waals surface area contributed by atoms with Gasteiger partial charge in [0.2, 0.25) is 0 Å². The molecule has 1 heterocycles. The maximum atomic E-state index is 11.4. The lowest BCUT2D eigenvalue weighted by Gasteiger charge is -1.90. The normalized spacial score (nSPS) is 10.8. The van der Waals surface area contributed by atoms with E-state index in [2.05, 4.69) is 11.9 Å². The second-order valence-electron chi connectivity index (χ2n) is 2.73. The Kier molecular flexibility index (Phi) is 4.40. The summed E-state index contributed by atoms with van der Waals surface area (Å²) in [5.41, 5.74) is 0.799. The Bertz CT molecular complexity index is 277. The molecular weight excluding hydrogens is 182 g/mol. The number of nitrogens with zero attached hydrogens (tertiary/aromatic N) is 1. The highest BCUT2D eigenvalue weighted by molar-refractivity contribution is 7.08. The molecule has 13 heavy (non-hydrogen) atoms. The van der Waals surface area contributed by atoms with Crippen LogP contribution >= 0.6 is 11.3 Å². The van der Waals surface area contributed by atoms with Crippen LogP contribution in [0, 0.1) is 0 Å². The van der Waals surface area contributed by atoms with Gasteiger partial charge in [0.15, 0.2) is 5.78 Å². The zero-order valence-corrected chi connectivity index (χ0v) is 8.51. The highest BCUT2D eigenvalue weighted by Crippen LogP contribution is 2.07. The number of carbonyl (C=O) groups excluding carboxylic acids is 1. The molecule has 0 fully saturated rings. The van der Waals surface area contributed by atoms with Crippen molar-refractivity contribution in [2.45, 2.75) is 19.8 Å². The van der Waals surface area contributed by atoms with Crippen molar-refractivity contribution >= 4 is 23.3 Å². The first-order chi connectivity index (χ1) is 6.34. The number of Topliss-reactive ketones (excluding diaryl/α,β-unsaturated/α-hetero) is 1. The van der Waals surface area contributed by atoms with Gasteiger partial charge < -0.3 is 0 Å². The number of rotatable bonds is 5. The number of ketones is 1. The minimum atomic E-state index is 0.154. The molecule has 0 amide bonds. The summed E-state index contributed by atoms with van der Waals surface area (Å²) >= 11 is 1.55. The first-order valence-electron chi connectivity index (χ1n) is 4.38. The molecule has 0 aliphatic carbocycles. The van der Waals surface area contributed by atoms with Gasteiger partial charge in [0, 0.05) is 30.1 Å². The number of hydrogen-bond acceptors (Lipinski definition) is 3. The summed E-state index contributed by atoms with van der Waals surface area (Å²) < 4.78 is 0.